The summed E-state index contributed by atoms with van der Waals surface area (Å²) in [4.78, 5) is 12.6. The first-order valence-electron chi connectivity index (χ1n) is 7.16. The summed E-state index contributed by atoms with van der Waals surface area (Å²) in [6.45, 7) is 0. The lowest BCUT2D eigenvalue weighted by atomic mass is 10.1. The Morgan fingerprint density at radius 2 is 1.64 bits per heavy atom. The lowest BCUT2D eigenvalue weighted by Gasteiger charge is -2.11. The number of hydrogen-bond acceptors (Lipinski definition) is 4. The van der Waals surface area contributed by atoms with E-state index in [1.807, 2.05) is 0 Å². The summed E-state index contributed by atoms with van der Waals surface area (Å²) in [6, 6.07) is 8.10. The van der Waals surface area contributed by atoms with E-state index >= 15 is 0 Å². The lowest BCUT2D eigenvalue weighted by Crippen LogP contribution is -2.05. The van der Waals surface area contributed by atoms with Crippen LogP contribution in [0, 0.1) is 12.3 Å². The molecule has 25 heavy (non-hydrogen) atoms. The average Bonchev–Trinajstić information content (AvgIpc) is 2.62. The standard InChI is InChI=1S/C18H11F3N4/c1-2-14-6-3-12(11-24-14)16-17(23-10-9-22-16)25-15-7-4-13(5-8-15)18(19,20)21/h1,3-11H,(H,23,25). The molecule has 124 valence electrons. The third kappa shape index (κ3) is 3.75. The maximum absolute atomic E-state index is 12.6. The Hall–Kier alpha value is -3.40. The van der Waals surface area contributed by atoms with Gasteiger partial charge in [-0.2, -0.15) is 13.2 Å². The summed E-state index contributed by atoms with van der Waals surface area (Å²) >= 11 is 0. The van der Waals surface area contributed by atoms with Crippen molar-refractivity contribution < 1.29 is 13.2 Å². The molecule has 0 unspecified atom stereocenters. The van der Waals surface area contributed by atoms with E-state index in [4.69, 9.17) is 6.42 Å². The van der Waals surface area contributed by atoms with Crippen LogP contribution < -0.4 is 5.32 Å². The van der Waals surface area contributed by atoms with E-state index in [1.165, 1.54) is 24.5 Å². The zero-order chi connectivity index (χ0) is 17.9. The molecule has 2 aromatic heterocycles. The number of halogens is 3. The quantitative estimate of drug-likeness (QED) is 0.723. The Bertz CT molecular complexity index is 911. The third-order valence-electron chi connectivity index (χ3n) is 3.36. The van der Waals surface area contributed by atoms with Crippen molar-refractivity contribution in [2.75, 3.05) is 5.32 Å². The largest absolute Gasteiger partial charge is 0.416 e. The van der Waals surface area contributed by atoms with Crippen LogP contribution in [0.3, 0.4) is 0 Å². The Balaban J connectivity index is 1.89. The minimum absolute atomic E-state index is 0.400. The van der Waals surface area contributed by atoms with Crippen molar-refractivity contribution in [3.05, 3.63) is 66.2 Å². The Morgan fingerprint density at radius 1 is 0.920 bits per heavy atom. The fraction of sp³-hybridized carbons (Fsp3) is 0.0556. The van der Waals surface area contributed by atoms with Gasteiger partial charge >= 0.3 is 6.18 Å². The molecule has 0 radical (unpaired) electrons. The summed E-state index contributed by atoms with van der Waals surface area (Å²) in [5, 5.41) is 2.97. The van der Waals surface area contributed by atoms with Gasteiger partial charge in [-0.05, 0) is 36.4 Å². The predicted molar refractivity (Wildman–Crippen MR) is 87.9 cm³/mol. The lowest BCUT2D eigenvalue weighted by molar-refractivity contribution is -0.137. The van der Waals surface area contributed by atoms with Crippen LogP contribution >= 0.6 is 0 Å². The van der Waals surface area contributed by atoms with E-state index in [0.29, 0.717) is 28.5 Å². The molecule has 4 nitrogen and oxygen atoms in total. The first-order valence-corrected chi connectivity index (χ1v) is 7.16. The van der Waals surface area contributed by atoms with E-state index in [2.05, 4.69) is 26.2 Å². The monoisotopic (exact) mass is 340 g/mol. The van der Waals surface area contributed by atoms with Crippen LogP contribution in [0.15, 0.2) is 55.0 Å². The van der Waals surface area contributed by atoms with Gasteiger partial charge in [0.2, 0.25) is 0 Å². The van der Waals surface area contributed by atoms with Crippen molar-refractivity contribution >= 4 is 11.5 Å². The Labute approximate surface area is 141 Å². The smallest absolute Gasteiger partial charge is 0.338 e. The number of nitrogens with one attached hydrogen (secondary N) is 1. The molecule has 0 atom stereocenters. The van der Waals surface area contributed by atoms with E-state index in [-0.39, 0.29) is 0 Å². The fourth-order valence-electron chi connectivity index (χ4n) is 2.14. The van der Waals surface area contributed by atoms with Crippen LogP contribution in [-0.2, 0) is 6.18 Å². The summed E-state index contributed by atoms with van der Waals surface area (Å²) in [6.07, 6.45) is 5.47. The molecule has 2 heterocycles. The molecule has 0 bridgehead atoms. The number of hydrogen-bond donors (Lipinski definition) is 1. The zero-order valence-corrected chi connectivity index (χ0v) is 12.7. The van der Waals surface area contributed by atoms with E-state index in [1.54, 1.807) is 18.3 Å². The zero-order valence-electron chi connectivity index (χ0n) is 12.7. The second-order valence-corrected chi connectivity index (χ2v) is 5.03. The molecule has 0 aliphatic carbocycles. The van der Waals surface area contributed by atoms with Gasteiger partial charge < -0.3 is 5.32 Å². The van der Waals surface area contributed by atoms with Crippen LogP contribution in [0.25, 0.3) is 11.3 Å². The van der Waals surface area contributed by atoms with Crippen LogP contribution in [-0.4, -0.2) is 15.0 Å². The van der Waals surface area contributed by atoms with E-state index < -0.39 is 11.7 Å². The molecular formula is C18H11F3N4. The number of anilines is 2. The van der Waals surface area contributed by atoms with Crippen LogP contribution in [0.5, 0.6) is 0 Å². The topological polar surface area (TPSA) is 50.7 Å². The highest BCUT2D eigenvalue weighted by Gasteiger charge is 2.29. The molecule has 1 aromatic carbocycles. The number of rotatable bonds is 3. The first kappa shape index (κ1) is 16.5. The molecule has 0 saturated heterocycles. The van der Waals surface area contributed by atoms with Gasteiger partial charge in [-0.15, -0.1) is 6.42 Å². The van der Waals surface area contributed by atoms with Gasteiger partial charge in [0.15, 0.2) is 5.82 Å². The number of benzene rings is 1. The van der Waals surface area contributed by atoms with Gasteiger partial charge in [-0.25, -0.2) is 9.97 Å². The van der Waals surface area contributed by atoms with Gasteiger partial charge in [0, 0.05) is 29.8 Å². The predicted octanol–water partition coefficient (Wildman–Crippen LogP) is 4.28. The van der Waals surface area contributed by atoms with Crippen LogP contribution in [0.4, 0.5) is 24.7 Å². The van der Waals surface area contributed by atoms with Crippen molar-refractivity contribution in [3.63, 3.8) is 0 Å². The number of aromatic nitrogens is 3. The minimum Gasteiger partial charge on any atom is -0.338 e. The van der Waals surface area contributed by atoms with Crippen LogP contribution in [0.1, 0.15) is 11.3 Å². The average molecular weight is 340 g/mol. The van der Waals surface area contributed by atoms with Crippen molar-refractivity contribution in [3.8, 4) is 23.6 Å². The van der Waals surface area contributed by atoms with E-state index in [0.717, 1.165) is 12.1 Å². The molecule has 0 aliphatic heterocycles. The molecule has 0 saturated carbocycles. The third-order valence-corrected chi connectivity index (χ3v) is 3.36. The van der Waals surface area contributed by atoms with Crippen molar-refractivity contribution in [2.24, 2.45) is 0 Å². The normalized spacial score (nSPS) is 11.0. The first-order chi connectivity index (χ1) is 12.0. The van der Waals surface area contributed by atoms with Gasteiger partial charge in [0.05, 0.1) is 5.56 Å². The van der Waals surface area contributed by atoms with Gasteiger partial charge in [-0.3, -0.25) is 4.98 Å². The number of pyridine rings is 1. The Morgan fingerprint density at radius 3 is 2.24 bits per heavy atom. The van der Waals surface area contributed by atoms with Crippen LogP contribution in [0.2, 0.25) is 0 Å². The molecule has 0 amide bonds. The second-order valence-electron chi connectivity index (χ2n) is 5.03. The summed E-state index contributed by atoms with van der Waals surface area (Å²) in [5.74, 6) is 2.82. The van der Waals surface area contributed by atoms with Gasteiger partial charge in [0.25, 0.3) is 0 Å². The van der Waals surface area contributed by atoms with Crippen molar-refractivity contribution in [1.82, 2.24) is 15.0 Å². The summed E-state index contributed by atoms with van der Waals surface area (Å²) in [5.41, 5.74) is 1.43. The van der Waals surface area contributed by atoms with Crippen molar-refractivity contribution in [1.29, 1.82) is 0 Å². The summed E-state index contributed by atoms with van der Waals surface area (Å²) < 4.78 is 37.9. The maximum atomic E-state index is 12.6. The van der Waals surface area contributed by atoms with Gasteiger partial charge in [0.1, 0.15) is 11.4 Å². The molecular weight excluding hydrogens is 329 g/mol. The second kappa shape index (κ2) is 6.61. The summed E-state index contributed by atoms with van der Waals surface area (Å²) in [7, 11) is 0. The molecule has 0 aliphatic rings. The highest BCUT2D eigenvalue weighted by molar-refractivity contribution is 5.74. The van der Waals surface area contributed by atoms with Crippen molar-refractivity contribution in [2.45, 2.75) is 6.18 Å². The minimum atomic E-state index is -4.37. The molecule has 0 spiro atoms. The van der Waals surface area contributed by atoms with E-state index in [9.17, 15) is 13.2 Å². The number of nitrogens with zero attached hydrogens (tertiary/aromatic N) is 3. The molecule has 3 aromatic rings. The van der Waals surface area contributed by atoms with Gasteiger partial charge in [-0.1, -0.05) is 5.92 Å². The number of terminal acetylenes is 1. The maximum Gasteiger partial charge on any atom is 0.416 e. The fourth-order valence-corrected chi connectivity index (χ4v) is 2.14. The Kier molecular flexibility index (Phi) is 4.35. The SMILES string of the molecule is C#Cc1ccc(-c2nccnc2Nc2ccc(C(F)(F)F)cc2)cn1. The highest BCUT2D eigenvalue weighted by Crippen LogP contribution is 2.31. The molecule has 1 N–H and O–H groups in total. The number of alkyl halides is 3. The molecule has 0 fully saturated rings. The highest BCUT2D eigenvalue weighted by atomic mass is 19.4. The molecule has 3 rings (SSSR count). The molecule has 7 heteroatoms.